The van der Waals surface area contributed by atoms with Crippen LogP contribution in [0.15, 0.2) is 0 Å². The van der Waals surface area contributed by atoms with Crippen molar-refractivity contribution in [1.29, 1.82) is 0 Å². The van der Waals surface area contributed by atoms with E-state index in [1.54, 1.807) is 0 Å². The lowest BCUT2D eigenvalue weighted by atomic mass is 10.3. The molecule has 6 heavy (non-hydrogen) atoms. The van der Waals surface area contributed by atoms with Crippen molar-refractivity contribution in [2.45, 2.75) is 19.8 Å². The van der Waals surface area contributed by atoms with E-state index in [0.29, 0.717) is 0 Å². The normalized spacial score (nSPS) is 9.00. The Hall–Kier alpha value is 0.480. The van der Waals surface area contributed by atoms with Gasteiger partial charge >= 0.3 is 0 Å². The van der Waals surface area contributed by atoms with E-state index in [9.17, 15) is 0 Å². The predicted molar refractivity (Wildman–Crippen MR) is 33.0 cm³/mol. The van der Waals surface area contributed by atoms with Gasteiger partial charge in [0.25, 0.3) is 0 Å². The molecule has 0 bridgehead atoms. The lowest BCUT2D eigenvalue weighted by molar-refractivity contribution is 0.917. The van der Waals surface area contributed by atoms with Crippen LogP contribution in [-0.2, 0) is 0 Å². The van der Waals surface area contributed by atoms with Crippen LogP contribution in [0.25, 0.3) is 0 Å². The summed E-state index contributed by atoms with van der Waals surface area (Å²) in [5, 5.41) is 1.14. The molecule has 0 unspecified atom stereocenters. The van der Waals surface area contributed by atoms with E-state index in [2.05, 4.69) is 29.3 Å². The second-order valence-electron chi connectivity index (χ2n) is 1.24. The van der Waals surface area contributed by atoms with Crippen molar-refractivity contribution in [1.82, 2.24) is 0 Å². The fraction of sp³-hybridized carbons (Fsp3) is 0.800. The maximum Gasteiger partial charge on any atom is 0.00314 e. The largest absolute Gasteiger partial charge is 0.0928 e. The molecular formula is C5H10Br. The van der Waals surface area contributed by atoms with Crippen LogP contribution >= 0.6 is 15.9 Å². The van der Waals surface area contributed by atoms with Crippen LogP contribution in [0.2, 0.25) is 0 Å². The van der Waals surface area contributed by atoms with Crippen LogP contribution in [-0.4, -0.2) is 5.33 Å². The zero-order chi connectivity index (χ0) is 4.83. The highest BCUT2D eigenvalue weighted by molar-refractivity contribution is 9.09. The topological polar surface area (TPSA) is 0 Å². The summed E-state index contributed by atoms with van der Waals surface area (Å²) < 4.78 is 0. The van der Waals surface area contributed by atoms with Crippen LogP contribution in [0.1, 0.15) is 19.8 Å². The molecule has 1 heteroatoms. The highest BCUT2D eigenvalue weighted by Crippen LogP contribution is 1.94. The van der Waals surface area contributed by atoms with Gasteiger partial charge in [-0.2, -0.15) is 0 Å². The molecule has 0 aliphatic rings. The third kappa shape index (κ3) is 4.48. The molecule has 0 aromatic rings. The summed E-state index contributed by atoms with van der Waals surface area (Å²) in [7, 11) is 0. The van der Waals surface area contributed by atoms with E-state index in [-0.39, 0.29) is 0 Å². The van der Waals surface area contributed by atoms with Crippen LogP contribution < -0.4 is 0 Å². The summed E-state index contributed by atoms with van der Waals surface area (Å²) in [6.45, 7) is 2.09. The van der Waals surface area contributed by atoms with Crippen LogP contribution in [0.3, 0.4) is 0 Å². The summed E-state index contributed by atoms with van der Waals surface area (Å²) in [5.74, 6) is 0. The van der Waals surface area contributed by atoms with E-state index in [0.717, 1.165) is 5.33 Å². The molecule has 0 aromatic heterocycles. The molecule has 0 saturated carbocycles. The van der Waals surface area contributed by atoms with Gasteiger partial charge in [0.1, 0.15) is 0 Å². The molecule has 1 radical (unpaired) electrons. The Morgan fingerprint density at radius 2 is 2.33 bits per heavy atom. The van der Waals surface area contributed by atoms with E-state index in [4.69, 9.17) is 0 Å². The van der Waals surface area contributed by atoms with E-state index in [1.807, 2.05) is 0 Å². The Bertz CT molecular complexity index is 15.9. The summed E-state index contributed by atoms with van der Waals surface area (Å²) in [6.07, 6.45) is 4.70. The van der Waals surface area contributed by atoms with Gasteiger partial charge in [0.15, 0.2) is 0 Å². The number of hydrogen-bond acceptors (Lipinski definition) is 0. The van der Waals surface area contributed by atoms with Gasteiger partial charge in [0.05, 0.1) is 0 Å². The van der Waals surface area contributed by atoms with Gasteiger partial charge in [-0.15, -0.1) is 0 Å². The third-order valence-corrected chi connectivity index (χ3v) is 1.19. The number of hydrogen-bond donors (Lipinski definition) is 0. The summed E-state index contributed by atoms with van der Waals surface area (Å²) in [5.41, 5.74) is 0. The zero-order valence-corrected chi connectivity index (χ0v) is 5.66. The van der Waals surface area contributed by atoms with Gasteiger partial charge in [-0.05, 0) is 19.3 Å². The van der Waals surface area contributed by atoms with E-state index >= 15 is 0 Å². The van der Waals surface area contributed by atoms with Crippen molar-refractivity contribution in [3.8, 4) is 0 Å². The Morgan fingerprint density at radius 1 is 1.67 bits per heavy atom. The van der Waals surface area contributed by atoms with E-state index in [1.165, 1.54) is 12.8 Å². The van der Waals surface area contributed by atoms with Crippen molar-refractivity contribution < 1.29 is 0 Å². The minimum Gasteiger partial charge on any atom is -0.0928 e. The minimum absolute atomic E-state index is 1.14. The number of alkyl halides is 1. The number of unbranched alkanes of at least 4 members (excludes halogenated alkanes) is 2. The molecule has 0 rings (SSSR count). The second-order valence-corrected chi connectivity index (χ2v) is 2.03. The predicted octanol–water partition coefficient (Wildman–Crippen LogP) is 2.39. The molecule has 0 aromatic carbocycles. The summed E-state index contributed by atoms with van der Waals surface area (Å²) >= 11 is 3.33. The Morgan fingerprint density at radius 3 is 2.50 bits per heavy atom. The molecule has 0 aliphatic heterocycles. The highest BCUT2D eigenvalue weighted by atomic mass is 79.9. The van der Waals surface area contributed by atoms with Crippen LogP contribution in [0.4, 0.5) is 0 Å². The molecular weight excluding hydrogens is 140 g/mol. The van der Waals surface area contributed by atoms with Crippen LogP contribution in [0, 0.1) is 6.42 Å². The molecule has 0 amide bonds. The molecule has 0 nitrogen and oxygen atoms in total. The van der Waals surface area contributed by atoms with Crippen molar-refractivity contribution in [3.05, 3.63) is 6.42 Å². The Kier molecular flexibility index (Phi) is 5.92. The first-order chi connectivity index (χ1) is 2.91. The first-order valence-corrected chi connectivity index (χ1v) is 3.37. The maximum absolute atomic E-state index is 3.33. The fourth-order valence-electron chi connectivity index (χ4n) is 0.281. The van der Waals surface area contributed by atoms with Crippen LogP contribution in [0.5, 0.6) is 0 Å². The summed E-state index contributed by atoms with van der Waals surface area (Å²) in [4.78, 5) is 0. The van der Waals surface area contributed by atoms with E-state index < -0.39 is 0 Å². The number of halogens is 1. The molecule has 0 spiro atoms. The first-order valence-electron chi connectivity index (χ1n) is 2.25. The lowest BCUT2D eigenvalue weighted by Gasteiger charge is -1.84. The van der Waals surface area contributed by atoms with Crippen molar-refractivity contribution in [2.75, 3.05) is 5.33 Å². The fourth-order valence-corrected chi connectivity index (χ4v) is 0.605. The average Bonchev–Trinajstić information content (AvgIpc) is 1.61. The maximum atomic E-state index is 3.33. The van der Waals surface area contributed by atoms with Gasteiger partial charge in [-0.1, -0.05) is 22.9 Å². The van der Waals surface area contributed by atoms with Gasteiger partial charge in [0.2, 0.25) is 0 Å². The minimum atomic E-state index is 1.14. The quantitative estimate of drug-likeness (QED) is 0.428. The Balaban J connectivity index is 2.34. The van der Waals surface area contributed by atoms with Gasteiger partial charge in [-0.3, -0.25) is 0 Å². The third-order valence-electron chi connectivity index (χ3n) is 0.626. The molecule has 0 fully saturated rings. The van der Waals surface area contributed by atoms with Gasteiger partial charge < -0.3 is 0 Å². The van der Waals surface area contributed by atoms with Crippen molar-refractivity contribution >= 4 is 15.9 Å². The smallest absolute Gasteiger partial charge is 0.00314 e. The molecule has 37 valence electrons. The molecule has 0 N–H and O–H groups in total. The molecule has 0 heterocycles. The molecule has 0 aliphatic carbocycles. The van der Waals surface area contributed by atoms with Crippen molar-refractivity contribution in [3.63, 3.8) is 0 Å². The van der Waals surface area contributed by atoms with Gasteiger partial charge in [-0.25, -0.2) is 0 Å². The van der Waals surface area contributed by atoms with Crippen molar-refractivity contribution in [2.24, 2.45) is 0 Å². The zero-order valence-electron chi connectivity index (χ0n) is 4.08. The molecule has 0 atom stereocenters. The van der Waals surface area contributed by atoms with Gasteiger partial charge in [0, 0.05) is 5.33 Å². The lowest BCUT2D eigenvalue weighted by Crippen LogP contribution is -1.71. The highest BCUT2D eigenvalue weighted by Gasteiger charge is 1.76. The molecule has 0 saturated heterocycles. The average molecular weight is 150 g/mol. The standard InChI is InChI=1S/C5H10Br/c1-2-3-4-5-6/h2H,3-5H2,1H3. The summed E-state index contributed by atoms with van der Waals surface area (Å²) in [6, 6.07) is 0. The Labute approximate surface area is 48.1 Å². The monoisotopic (exact) mass is 149 g/mol. The second kappa shape index (κ2) is 5.48. The SMILES string of the molecule is C[CH]CCCBr. The first kappa shape index (κ1) is 6.48. The number of rotatable bonds is 3.